The lowest BCUT2D eigenvalue weighted by Gasteiger charge is -2.28. The molecule has 0 spiro atoms. The Hall–Kier alpha value is -1.35. The lowest BCUT2D eigenvalue weighted by molar-refractivity contribution is -0.143. The summed E-state index contributed by atoms with van der Waals surface area (Å²) >= 11 is 0. The van der Waals surface area contributed by atoms with Crippen molar-refractivity contribution in [3.63, 3.8) is 0 Å². The molecule has 1 aliphatic heterocycles. The van der Waals surface area contributed by atoms with Gasteiger partial charge < -0.3 is 10.4 Å². The second kappa shape index (κ2) is 4.45. The molecule has 0 aliphatic carbocycles. The van der Waals surface area contributed by atoms with Gasteiger partial charge in [-0.05, 0) is 24.9 Å². The van der Waals surface area contributed by atoms with Gasteiger partial charge in [0.05, 0.1) is 5.92 Å². The highest BCUT2D eigenvalue weighted by molar-refractivity contribution is 5.70. The van der Waals surface area contributed by atoms with Crippen molar-refractivity contribution >= 4 is 5.97 Å². The molecule has 1 aromatic rings. The molecule has 3 heteroatoms. The Kier molecular flexibility index (Phi) is 3.02. The fourth-order valence-electron chi connectivity index (χ4n) is 2.08. The third-order valence-corrected chi connectivity index (χ3v) is 2.95. The van der Waals surface area contributed by atoms with Crippen molar-refractivity contribution in [3.8, 4) is 0 Å². The van der Waals surface area contributed by atoms with Crippen LogP contribution in [0.4, 0.5) is 0 Å². The van der Waals surface area contributed by atoms with Gasteiger partial charge in [0.2, 0.25) is 0 Å². The first kappa shape index (κ1) is 10.2. The molecule has 0 bridgehead atoms. The molecule has 2 rings (SSSR count). The summed E-state index contributed by atoms with van der Waals surface area (Å²) in [6.45, 7) is 0.788. The Labute approximate surface area is 89.1 Å². The van der Waals surface area contributed by atoms with Gasteiger partial charge in [-0.3, -0.25) is 4.79 Å². The number of aliphatic carboxylic acids is 1. The standard InChI is InChI=1S/C12H15NO2/c14-12(15)10-6-7-13-11(8-10)9-4-2-1-3-5-9/h1-5,10-11,13H,6-8H2,(H,14,15)/t10-,11+/m0/s1. The lowest BCUT2D eigenvalue weighted by Crippen LogP contribution is -2.34. The van der Waals surface area contributed by atoms with Crippen LogP contribution in [0.25, 0.3) is 0 Å². The van der Waals surface area contributed by atoms with E-state index in [1.165, 1.54) is 5.56 Å². The van der Waals surface area contributed by atoms with Gasteiger partial charge >= 0.3 is 5.97 Å². The number of benzene rings is 1. The summed E-state index contributed by atoms with van der Waals surface area (Å²) in [5.74, 6) is -0.867. The minimum absolute atomic E-state index is 0.195. The summed E-state index contributed by atoms with van der Waals surface area (Å²) in [7, 11) is 0. The summed E-state index contributed by atoms with van der Waals surface area (Å²) in [5.41, 5.74) is 1.18. The molecular weight excluding hydrogens is 190 g/mol. The molecule has 1 saturated heterocycles. The van der Waals surface area contributed by atoms with Gasteiger partial charge in [-0.25, -0.2) is 0 Å². The van der Waals surface area contributed by atoms with Gasteiger partial charge in [0.15, 0.2) is 0 Å². The molecule has 2 atom stereocenters. The van der Waals surface area contributed by atoms with Crippen LogP contribution in [0.15, 0.2) is 30.3 Å². The zero-order chi connectivity index (χ0) is 10.7. The molecule has 80 valence electrons. The molecule has 1 heterocycles. The first-order valence-corrected chi connectivity index (χ1v) is 5.28. The van der Waals surface area contributed by atoms with Crippen molar-refractivity contribution < 1.29 is 9.90 Å². The molecule has 0 saturated carbocycles. The topological polar surface area (TPSA) is 49.3 Å². The van der Waals surface area contributed by atoms with Crippen molar-refractivity contribution in [2.75, 3.05) is 6.54 Å². The van der Waals surface area contributed by atoms with E-state index >= 15 is 0 Å². The third kappa shape index (κ3) is 2.36. The van der Waals surface area contributed by atoms with Gasteiger partial charge in [-0.15, -0.1) is 0 Å². The van der Waals surface area contributed by atoms with Crippen LogP contribution < -0.4 is 5.32 Å². The van der Waals surface area contributed by atoms with Gasteiger partial charge in [-0.1, -0.05) is 30.3 Å². The summed E-state index contributed by atoms with van der Waals surface area (Å²) in [4.78, 5) is 10.9. The zero-order valence-corrected chi connectivity index (χ0v) is 8.52. The van der Waals surface area contributed by atoms with Crippen LogP contribution in [-0.4, -0.2) is 17.6 Å². The highest BCUT2D eigenvalue weighted by Gasteiger charge is 2.27. The second-order valence-corrected chi connectivity index (χ2v) is 3.98. The monoisotopic (exact) mass is 205 g/mol. The Morgan fingerprint density at radius 2 is 2.07 bits per heavy atom. The average Bonchev–Trinajstić information content (AvgIpc) is 2.30. The van der Waals surface area contributed by atoms with Crippen LogP contribution in [0.3, 0.4) is 0 Å². The van der Waals surface area contributed by atoms with Crippen molar-refractivity contribution in [2.24, 2.45) is 5.92 Å². The van der Waals surface area contributed by atoms with E-state index in [2.05, 4.69) is 5.32 Å². The van der Waals surface area contributed by atoms with E-state index in [9.17, 15) is 4.79 Å². The van der Waals surface area contributed by atoms with Crippen molar-refractivity contribution in [1.82, 2.24) is 5.32 Å². The van der Waals surface area contributed by atoms with Crippen molar-refractivity contribution in [2.45, 2.75) is 18.9 Å². The quantitative estimate of drug-likeness (QED) is 0.774. The Balaban J connectivity index is 2.08. The largest absolute Gasteiger partial charge is 0.481 e. The number of carboxylic acid groups (broad SMARTS) is 1. The van der Waals surface area contributed by atoms with E-state index in [-0.39, 0.29) is 12.0 Å². The number of rotatable bonds is 2. The number of carbonyl (C=O) groups is 1. The highest BCUT2D eigenvalue weighted by Crippen LogP contribution is 2.26. The molecule has 1 aromatic carbocycles. The van der Waals surface area contributed by atoms with Crippen LogP contribution >= 0.6 is 0 Å². The molecule has 1 aliphatic rings. The van der Waals surface area contributed by atoms with E-state index in [0.717, 1.165) is 13.0 Å². The number of nitrogens with one attached hydrogen (secondary N) is 1. The Bertz CT molecular complexity index is 337. The van der Waals surface area contributed by atoms with Crippen molar-refractivity contribution in [1.29, 1.82) is 0 Å². The number of hydrogen-bond acceptors (Lipinski definition) is 2. The van der Waals surface area contributed by atoms with Crippen LogP contribution in [0.1, 0.15) is 24.4 Å². The van der Waals surface area contributed by atoms with Crippen LogP contribution in [0, 0.1) is 5.92 Å². The van der Waals surface area contributed by atoms with Crippen LogP contribution in [-0.2, 0) is 4.79 Å². The van der Waals surface area contributed by atoms with E-state index in [0.29, 0.717) is 6.42 Å². The number of hydrogen-bond donors (Lipinski definition) is 2. The summed E-state index contributed by atoms with van der Waals surface area (Å²) in [5, 5.41) is 12.3. The van der Waals surface area contributed by atoms with Gasteiger partial charge in [0.25, 0.3) is 0 Å². The van der Waals surface area contributed by atoms with Crippen molar-refractivity contribution in [3.05, 3.63) is 35.9 Å². The lowest BCUT2D eigenvalue weighted by atomic mass is 9.89. The van der Waals surface area contributed by atoms with Gasteiger partial charge in [-0.2, -0.15) is 0 Å². The third-order valence-electron chi connectivity index (χ3n) is 2.95. The van der Waals surface area contributed by atoms with Gasteiger partial charge in [0.1, 0.15) is 0 Å². The summed E-state index contributed by atoms with van der Waals surface area (Å²) in [6.07, 6.45) is 1.43. The average molecular weight is 205 g/mol. The predicted octanol–water partition coefficient (Wildman–Crippen LogP) is 1.81. The van der Waals surface area contributed by atoms with Gasteiger partial charge in [0, 0.05) is 6.04 Å². The fraction of sp³-hybridized carbons (Fsp3) is 0.417. The zero-order valence-electron chi connectivity index (χ0n) is 8.52. The number of piperidine rings is 1. The normalized spacial score (nSPS) is 26.1. The maximum absolute atomic E-state index is 10.9. The SMILES string of the molecule is O=C(O)[C@H]1CCN[C@@H](c2ccccc2)C1. The first-order chi connectivity index (χ1) is 7.27. The summed E-state index contributed by atoms with van der Waals surface area (Å²) < 4.78 is 0. The molecule has 2 N–H and O–H groups in total. The molecular formula is C12H15NO2. The summed E-state index contributed by atoms with van der Waals surface area (Å²) in [6, 6.07) is 10.2. The maximum Gasteiger partial charge on any atom is 0.306 e. The predicted molar refractivity (Wildman–Crippen MR) is 57.5 cm³/mol. The minimum Gasteiger partial charge on any atom is -0.481 e. The van der Waals surface area contributed by atoms with Crippen LogP contribution in [0.2, 0.25) is 0 Å². The van der Waals surface area contributed by atoms with E-state index in [1.807, 2.05) is 30.3 Å². The van der Waals surface area contributed by atoms with E-state index in [4.69, 9.17) is 5.11 Å². The molecule has 0 amide bonds. The molecule has 0 aromatic heterocycles. The Morgan fingerprint density at radius 3 is 2.73 bits per heavy atom. The molecule has 1 fully saturated rings. The molecule has 3 nitrogen and oxygen atoms in total. The second-order valence-electron chi connectivity index (χ2n) is 3.98. The fourth-order valence-corrected chi connectivity index (χ4v) is 2.08. The van der Waals surface area contributed by atoms with E-state index in [1.54, 1.807) is 0 Å². The smallest absolute Gasteiger partial charge is 0.306 e. The molecule has 15 heavy (non-hydrogen) atoms. The van der Waals surface area contributed by atoms with Crippen LogP contribution in [0.5, 0.6) is 0 Å². The first-order valence-electron chi connectivity index (χ1n) is 5.28. The Morgan fingerprint density at radius 1 is 1.33 bits per heavy atom. The highest BCUT2D eigenvalue weighted by atomic mass is 16.4. The number of carboxylic acids is 1. The maximum atomic E-state index is 10.9. The molecule has 0 unspecified atom stereocenters. The minimum atomic E-state index is -0.669. The van der Waals surface area contributed by atoms with E-state index < -0.39 is 5.97 Å². The molecule has 0 radical (unpaired) electrons.